The molecule has 0 heterocycles. The maximum absolute atomic E-state index is 11.2. The molecule has 0 saturated heterocycles. The predicted octanol–water partition coefficient (Wildman–Crippen LogP) is -1.44. The van der Waals surface area contributed by atoms with Crippen LogP contribution < -0.4 is 17.2 Å². The molecule has 0 aromatic carbocycles. The summed E-state index contributed by atoms with van der Waals surface area (Å²) in [5.74, 6) is -2.64. The van der Waals surface area contributed by atoms with Crippen molar-refractivity contribution >= 4 is 17.9 Å². The number of aliphatic hydroxyl groups excluding tert-OH is 1. The average Bonchev–Trinajstić information content (AvgIpc) is 2.44. The van der Waals surface area contributed by atoms with E-state index in [0.29, 0.717) is 0 Å². The molecule has 0 aliphatic carbocycles. The van der Waals surface area contributed by atoms with E-state index in [1.165, 1.54) is 13.8 Å². The second kappa shape index (κ2) is 11.1. The smallest absolute Gasteiger partial charge is 0.330 e. The van der Waals surface area contributed by atoms with Gasteiger partial charge >= 0.3 is 17.9 Å². The molecule has 0 aliphatic rings. The number of nitrogens with two attached hydrogens (primary N) is 3. The second-order valence-corrected chi connectivity index (χ2v) is 5.04. The van der Waals surface area contributed by atoms with Crippen molar-refractivity contribution in [2.24, 2.45) is 23.1 Å². The van der Waals surface area contributed by atoms with E-state index in [-0.39, 0.29) is 5.92 Å². The van der Waals surface area contributed by atoms with Gasteiger partial charge in [0.2, 0.25) is 0 Å². The van der Waals surface area contributed by atoms with Gasteiger partial charge in [-0.15, -0.1) is 0 Å². The molecule has 130 valence electrons. The van der Waals surface area contributed by atoms with Crippen LogP contribution in [0.1, 0.15) is 34.1 Å². The van der Waals surface area contributed by atoms with Crippen LogP contribution >= 0.6 is 0 Å². The molecule has 0 amide bonds. The molecule has 0 spiro atoms. The van der Waals surface area contributed by atoms with Gasteiger partial charge in [0.05, 0.1) is 6.10 Å². The predicted molar refractivity (Wildman–Crippen MR) is 79.5 cm³/mol. The van der Waals surface area contributed by atoms with Gasteiger partial charge < -0.3 is 32.2 Å². The number of carbonyl (C=O) groups excluding carboxylic acids is 2. The minimum absolute atomic E-state index is 0.0108. The molecule has 0 aromatic heterocycles. The number of carbonyl (C=O) groups is 3. The van der Waals surface area contributed by atoms with E-state index < -0.39 is 42.1 Å². The summed E-state index contributed by atoms with van der Waals surface area (Å²) in [6, 6.07) is -2.72. The highest BCUT2D eigenvalue weighted by atomic mass is 16.6. The molecule has 0 saturated carbocycles. The molecule has 8 N–H and O–H groups in total. The molecular weight excluding hydrogens is 294 g/mol. The maximum Gasteiger partial charge on any atom is 0.330 e. The molecule has 0 rings (SSSR count). The van der Waals surface area contributed by atoms with Crippen molar-refractivity contribution in [2.75, 3.05) is 0 Å². The summed E-state index contributed by atoms with van der Waals surface area (Å²) in [6.07, 6.45) is -0.227. The molecule has 0 aliphatic heterocycles. The van der Waals surface area contributed by atoms with E-state index in [4.69, 9.17) is 27.4 Å². The second-order valence-electron chi connectivity index (χ2n) is 5.04. The van der Waals surface area contributed by atoms with E-state index in [0.717, 1.165) is 6.42 Å². The average molecular weight is 321 g/mol. The fourth-order valence-corrected chi connectivity index (χ4v) is 0.953. The third-order valence-electron chi connectivity index (χ3n) is 2.91. The van der Waals surface area contributed by atoms with Crippen LogP contribution in [0.4, 0.5) is 0 Å². The van der Waals surface area contributed by atoms with Crippen LogP contribution in [0.15, 0.2) is 0 Å². The Kier molecular flexibility index (Phi) is 11.4. The van der Waals surface area contributed by atoms with E-state index in [2.05, 4.69) is 4.74 Å². The Hall–Kier alpha value is -1.55. The highest BCUT2D eigenvalue weighted by Crippen LogP contribution is 2.06. The molecule has 9 heteroatoms. The standard InChI is InChI=1S/C9H18N2O3.C4H9NO3/c1-4-5(2)7(11)9(13)14-8(12)6(3)10;1-2(6)3(5)4(7)8/h5-7H,4,10-11H2,1-3H3;2-3,6H,5H2,1H3,(H,7,8)/t5-,6-,7-;2-,3+/m01/s1. The van der Waals surface area contributed by atoms with Crippen molar-refractivity contribution in [1.82, 2.24) is 0 Å². The molecule has 22 heavy (non-hydrogen) atoms. The monoisotopic (exact) mass is 321 g/mol. The van der Waals surface area contributed by atoms with E-state index in [1.807, 2.05) is 13.8 Å². The SMILES string of the molecule is CC[C@H](C)[C@H](N)C(=O)OC(=O)[C@H](C)N.C[C@@H](O)[C@H](N)C(=O)O. The van der Waals surface area contributed by atoms with Crippen LogP contribution in [0.3, 0.4) is 0 Å². The fraction of sp³-hybridized carbons (Fsp3) is 0.769. The number of aliphatic carboxylic acids is 1. The van der Waals surface area contributed by atoms with Gasteiger partial charge in [0.15, 0.2) is 0 Å². The van der Waals surface area contributed by atoms with Gasteiger partial charge in [0, 0.05) is 0 Å². The summed E-state index contributed by atoms with van der Waals surface area (Å²) in [7, 11) is 0. The number of hydrogen-bond acceptors (Lipinski definition) is 8. The van der Waals surface area contributed by atoms with Gasteiger partial charge in [-0.05, 0) is 19.8 Å². The van der Waals surface area contributed by atoms with Crippen LogP contribution in [0.5, 0.6) is 0 Å². The lowest BCUT2D eigenvalue weighted by Gasteiger charge is -2.16. The number of esters is 2. The van der Waals surface area contributed by atoms with E-state index in [9.17, 15) is 14.4 Å². The molecule has 5 atom stereocenters. The van der Waals surface area contributed by atoms with Crippen LogP contribution in [0, 0.1) is 5.92 Å². The highest BCUT2D eigenvalue weighted by molar-refractivity contribution is 5.90. The van der Waals surface area contributed by atoms with Crippen LogP contribution in [0.25, 0.3) is 0 Å². The van der Waals surface area contributed by atoms with Gasteiger partial charge in [0.1, 0.15) is 18.1 Å². The Labute approximate surface area is 129 Å². The van der Waals surface area contributed by atoms with Gasteiger partial charge in [-0.1, -0.05) is 20.3 Å². The fourth-order valence-electron chi connectivity index (χ4n) is 0.953. The highest BCUT2D eigenvalue weighted by Gasteiger charge is 2.24. The van der Waals surface area contributed by atoms with Crippen molar-refractivity contribution in [1.29, 1.82) is 0 Å². The van der Waals surface area contributed by atoms with Crippen molar-refractivity contribution in [3.05, 3.63) is 0 Å². The minimum atomic E-state index is -1.18. The van der Waals surface area contributed by atoms with Crippen LogP contribution in [-0.2, 0) is 19.1 Å². The van der Waals surface area contributed by atoms with Crippen LogP contribution in [0.2, 0.25) is 0 Å². The first-order valence-electron chi connectivity index (χ1n) is 6.88. The summed E-state index contributed by atoms with van der Waals surface area (Å²) >= 11 is 0. The van der Waals surface area contributed by atoms with E-state index in [1.54, 1.807) is 0 Å². The van der Waals surface area contributed by atoms with Crippen molar-refractivity contribution in [3.63, 3.8) is 0 Å². The van der Waals surface area contributed by atoms with Gasteiger partial charge in [-0.2, -0.15) is 0 Å². The van der Waals surface area contributed by atoms with Crippen molar-refractivity contribution < 1.29 is 29.3 Å². The number of carboxylic acids is 1. The number of aliphatic hydroxyl groups is 1. The Morgan fingerprint density at radius 2 is 1.45 bits per heavy atom. The number of carboxylic acid groups (broad SMARTS) is 1. The first kappa shape index (κ1) is 22.7. The zero-order valence-electron chi connectivity index (χ0n) is 13.4. The van der Waals surface area contributed by atoms with Gasteiger partial charge in [-0.25, -0.2) is 9.59 Å². The molecule has 0 aromatic rings. The first-order valence-corrected chi connectivity index (χ1v) is 6.88. The summed E-state index contributed by atoms with van der Waals surface area (Å²) in [4.78, 5) is 32.0. The summed E-state index contributed by atoms with van der Waals surface area (Å²) in [5.41, 5.74) is 15.7. The van der Waals surface area contributed by atoms with Crippen molar-refractivity contribution in [2.45, 2.75) is 58.3 Å². The third kappa shape index (κ3) is 9.40. The first-order chi connectivity index (χ1) is 9.95. The largest absolute Gasteiger partial charge is 0.480 e. The quantitative estimate of drug-likeness (QED) is 0.289. The summed E-state index contributed by atoms with van der Waals surface area (Å²) in [6.45, 7) is 6.51. The third-order valence-corrected chi connectivity index (χ3v) is 2.91. The molecule has 0 unspecified atom stereocenters. The molecule has 0 bridgehead atoms. The summed E-state index contributed by atoms with van der Waals surface area (Å²) in [5, 5.41) is 16.6. The topological polar surface area (TPSA) is 179 Å². The Balaban J connectivity index is 0. The minimum Gasteiger partial charge on any atom is -0.480 e. The Bertz CT molecular complexity index is 373. The normalized spacial score (nSPS) is 17.1. The lowest BCUT2D eigenvalue weighted by molar-refractivity contribution is -0.162. The summed E-state index contributed by atoms with van der Waals surface area (Å²) < 4.78 is 4.47. The van der Waals surface area contributed by atoms with Gasteiger partial charge in [0.25, 0.3) is 0 Å². The lowest BCUT2D eigenvalue weighted by atomic mass is 10.0. The molecule has 0 fully saturated rings. The molecule has 9 nitrogen and oxygen atoms in total. The zero-order valence-corrected chi connectivity index (χ0v) is 13.4. The number of rotatable bonds is 6. The molecule has 0 radical (unpaired) electrons. The Morgan fingerprint density at radius 1 is 1.00 bits per heavy atom. The number of hydrogen-bond donors (Lipinski definition) is 5. The van der Waals surface area contributed by atoms with E-state index >= 15 is 0 Å². The zero-order chi connectivity index (χ0) is 18.0. The molecular formula is C13H27N3O6. The van der Waals surface area contributed by atoms with Crippen molar-refractivity contribution in [3.8, 4) is 0 Å². The number of ether oxygens (including phenoxy) is 1. The Morgan fingerprint density at radius 3 is 1.68 bits per heavy atom. The maximum atomic E-state index is 11.2. The van der Waals surface area contributed by atoms with Crippen LogP contribution in [-0.4, -0.2) is 52.4 Å². The lowest BCUT2D eigenvalue weighted by Crippen LogP contribution is -2.41. The van der Waals surface area contributed by atoms with Gasteiger partial charge in [-0.3, -0.25) is 4.79 Å².